The first-order valence-corrected chi connectivity index (χ1v) is 9.46. The molecule has 0 amide bonds. The standard InChI is InChI=1S/C16H19N3O4S.ClH/c1-2-12(17)19-14(20)13(11-7-4-3-5-8-11)15-18(16(19)21)9-6-10-24(15,22)23;/h3-5,7-8,12H,2,6,9-10,17H2,1H3;1H. The molecular weight excluding hydrogens is 366 g/mol. The lowest BCUT2D eigenvalue weighted by Crippen LogP contribution is -2.48. The quantitative estimate of drug-likeness (QED) is 0.798. The van der Waals surface area contributed by atoms with Gasteiger partial charge in [-0.15, -0.1) is 12.4 Å². The fraction of sp³-hybridized carbons (Fsp3) is 0.375. The van der Waals surface area contributed by atoms with Gasteiger partial charge in [0.1, 0.15) is 0 Å². The first-order chi connectivity index (χ1) is 11.4. The Hall–Kier alpha value is -1.90. The number of fused-ring (bicyclic) bond motifs is 1. The summed E-state index contributed by atoms with van der Waals surface area (Å²) >= 11 is 0. The largest absolute Gasteiger partial charge is 0.333 e. The van der Waals surface area contributed by atoms with Crippen LogP contribution in [-0.2, 0) is 16.4 Å². The van der Waals surface area contributed by atoms with Crippen LogP contribution in [-0.4, -0.2) is 23.3 Å². The van der Waals surface area contributed by atoms with Gasteiger partial charge in [-0.2, -0.15) is 0 Å². The van der Waals surface area contributed by atoms with E-state index in [1.165, 1.54) is 4.57 Å². The SMILES string of the molecule is CCC(N)n1c(=O)c(-c2ccccc2)c2n(c1=O)CCCS2(=O)=O.Cl. The van der Waals surface area contributed by atoms with Crippen LogP contribution in [0.3, 0.4) is 0 Å². The lowest BCUT2D eigenvalue weighted by molar-refractivity contribution is 0.420. The molecule has 0 radical (unpaired) electrons. The van der Waals surface area contributed by atoms with E-state index in [1.54, 1.807) is 37.3 Å². The second-order valence-electron chi connectivity index (χ2n) is 5.80. The molecule has 25 heavy (non-hydrogen) atoms. The van der Waals surface area contributed by atoms with Gasteiger partial charge in [-0.25, -0.2) is 17.8 Å². The number of sulfone groups is 1. The topological polar surface area (TPSA) is 104 Å². The Morgan fingerprint density at radius 1 is 1.20 bits per heavy atom. The molecule has 7 nitrogen and oxygen atoms in total. The van der Waals surface area contributed by atoms with E-state index in [-0.39, 0.29) is 35.3 Å². The summed E-state index contributed by atoms with van der Waals surface area (Å²) in [6.07, 6.45) is -0.0757. The zero-order chi connectivity index (χ0) is 17.5. The zero-order valence-electron chi connectivity index (χ0n) is 13.7. The minimum Gasteiger partial charge on any atom is -0.311 e. The van der Waals surface area contributed by atoms with Crippen LogP contribution in [0.5, 0.6) is 0 Å². The third-order valence-electron chi connectivity index (χ3n) is 4.23. The van der Waals surface area contributed by atoms with E-state index < -0.39 is 27.3 Å². The third-order valence-corrected chi connectivity index (χ3v) is 6.07. The second kappa shape index (κ2) is 7.15. The van der Waals surface area contributed by atoms with Crippen LogP contribution in [0, 0.1) is 0 Å². The number of nitrogens with two attached hydrogens (primary N) is 1. The first-order valence-electron chi connectivity index (χ1n) is 7.81. The Morgan fingerprint density at radius 3 is 2.44 bits per heavy atom. The number of halogens is 1. The normalized spacial score (nSPS) is 16.6. The Balaban J connectivity index is 0.00000225. The molecule has 1 atom stereocenters. The van der Waals surface area contributed by atoms with Crippen molar-refractivity contribution in [2.24, 2.45) is 5.73 Å². The van der Waals surface area contributed by atoms with E-state index in [9.17, 15) is 18.0 Å². The van der Waals surface area contributed by atoms with Crippen LogP contribution >= 0.6 is 12.4 Å². The van der Waals surface area contributed by atoms with Gasteiger partial charge in [0.15, 0.2) is 14.9 Å². The van der Waals surface area contributed by atoms with Gasteiger partial charge in [-0.1, -0.05) is 37.3 Å². The summed E-state index contributed by atoms with van der Waals surface area (Å²) in [5.41, 5.74) is 5.12. The summed E-state index contributed by atoms with van der Waals surface area (Å²) in [4.78, 5) is 25.6. The minimum absolute atomic E-state index is 0. The lowest BCUT2D eigenvalue weighted by Gasteiger charge is -2.24. The van der Waals surface area contributed by atoms with Gasteiger partial charge in [0.2, 0.25) is 0 Å². The molecule has 1 aromatic heterocycles. The number of benzene rings is 1. The van der Waals surface area contributed by atoms with Crippen molar-refractivity contribution in [3.05, 3.63) is 51.2 Å². The molecule has 136 valence electrons. The molecule has 2 heterocycles. The van der Waals surface area contributed by atoms with E-state index in [4.69, 9.17) is 5.73 Å². The highest BCUT2D eigenvalue weighted by atomic mass is 35.5. The van der Waals surface area contributed by atoms with Gasteiger partial charge in [0.25, 0.3) is 5.56 Å². The maximum absolute atomic E-state index is 13.0. The van der Waals surface area contributed by atoms with Crippen molar-refractivity contribution >= 4 is 22.2 Å². The summed E-state index contributed by atoms with van der Waals surface area (Å²) < 4.78 is 27.3. The van der Waals surface area contributed by atoms with Gasteiger partial charge >= 0.3 is 5.69 Å². The molecule has 9 heteroatoms. The molecule has 1 unspecified atom stereocenters. The number of nitrogens with zero attached hydrogens (tertiary/aromatic N) is 2. The highest BCUT2D eigenvalue weighted by Crippen LogP contribution is 2.27. The Morgan fingerprint density at radius 2 is 1.84 bits per heavy atom. The Kier molecular flexibility index (Phi) is 5.55. The number of hydrogen-bond acceptors (Lipinski definition) is 5. The van der Waals surface area contributed by atoms with Crippen LogP contribution in [0.1, 0.15) is 25.9 Å². The first kappa shape index (κ1) is 19.4. The fourth-order valence-electron chi connectivity index (χ4n) is 3.01. The van der Waals surface area contributed by atoms with E-state index in [0.717, 1.165) is 4.57 Å². The van der Waals surface area contributed by atoms with Crippen molar-refractivity contribution in [2.75, 3.05) is 5.75 Å². The summed E-state index contributed by atoms with van der Waals surface area (Å²) in [6.45, 7) is 2.02. The molecule has 0 saturated heterocycles. The summed E-state index contributed by atoms with van der Waals surface area (Å²) in [5, 5.41) is -0.186. The van der Waals surface area contributed by atoms with E-state index in [1.807, 2.05) is 0 Å². The van der Waals surface area contributed by atoms with Crippen molar-refractivity contribution < 1.29 is 8.42 Å². The van der Waals surface area contributed by atoms with Gasteiger partial charge in [-0.3, -0.25) is 9.36 Å². The molecular formula is C16H20ClN3O4S. The molecule has 0 bridgehead atoms. The van der Waals surface area contributed by atoms with Gasteiger partial charge < -0.3 is 5.73 Å². The van der Waals surface area contributed by atoms with Crippen molar-refractivity contribution in [2.45, 2.75) is 37.5 Å². The van der Waals surface area contributed by atoms with Crippen molar-refractivity contribution in [1.29, 1.82) is 0 Å². The van der Waals surface area contributed by atoms with E-state index in [2.05, 4.69) is 0 Å². The van der Waals surface area contributed by atoms with Crippen LogP contribution < -0.4 is 17.0 Å². The smallest absolute Gasteiger partial charge is 0.311 e. The molecule has 0 spiro atoms. The number of rotatable bonds is 3. The zero-order valence-corrected chi connectivity index (χ0v) is 15.3. The van der Waals surface area contributed by atoms with Crippen molar-refractivity contribution in [1.82, 2.24) is 9.13 Å². The predicted molar refractivity (Wildman–Crippen MR) is 97.8 cm³/mol. The van der Waals surface area contributed by atoms with Gasteiger partial charge in [0, 0.05) is 6.54 Å². The number of aromatic nitrogens is 2. The molecule has 3 rings (SSSR count). The van der Waals surface area contributed by atoms with E-state index >= 15 is 0 Å². The lowest BCUT2D eigenvalue weighted by atomic mass is 10.1. The van der Waals surface area contributed by atoms with E-state index in [0.29, 0.717) is 18.4 Å². The predicted octanol–water partition coefficient (Wildman–Crippen LogP) is 1.14. The molecule has 0 saturated carbocycles. The molecule has 1 aliphatic rings. The van der Waals surface area contributed by atoms with Crippen molar-refractivity contribution in [3.63, 3.8) is 0 Å². The van der Waals surface area contributed by atoms with Crippen LogP contribution in [0.15, 0.2) is 44.9 Å². The van der Waals surface area contributed by atoms with Gasteiger partial charge in [-0.05, 0) is 18.4 Å². The maximum atomic E-state index is 13.0. The fourth-order valence-corrected chi connectivity index (χ4v) is 4.73. The average molecular weight is 386 g/mol. The van der Waals surface area contributed by atoms with Crippen LogP contribution in [0.4, 0.5) is 0 Å². The molecule has 1 aliphatic heterocycles. The Bertz CT molecular complexity index is 997. The third kappa shape index (κ3) is 3.17. The monoisotopic (exact) mass is 385 g/mol. The minimum atomic E-state index is -3.71. The Labute approximate surface area is 151 Å². The summed E-state index contributed by atoms with van der Waals surface area (Å²) in [6, 6.07) is 8.53. The highest BCUT2D eigenvalue weighted by Gasteiger charge is 2.33. The van der Waals surface area contributed by atoms with Crippen LogP contribution in [0.2, 0.25) is 0 Å². The molecule has 1 aromatic carbocycles. The second-order valence-corrected chi connectivity index (χ2v) is 7.83. The van der Waals surface area contributed by atoms with Crippen molar-refractivity contribution in [3.8, 4) is 11.1 Å². The molecule has 2 aromatic rings. The molecule has 0 fully saturated rings. The summed E-state index contributed by atoms with van der Waals surface area (Å²) in [7, 11) is -3.71. The average Bonchev–Trinajstić information content (AvgIpc) is 2.56. The maximum Gasteiger partial charge on any atom is 0.333 e. The summed E-state index contributed by atoms with van der Waals surface area (Å²) in [5.74, 6) is -0.0739. The number of hydrogen-bond donors (Lipinski definition) is 1. The molecule has 0 aliphatic carbocycles. The van der Waals surface area contributed by atoms with Crippen LogP contribution in [0.25, 0.3) is 11.1 Å². The molecule has 2 N–H and O–H groups in total. The highest BCUT2D eigenvalue weighted by molar-refractivity contribution is 7.91. The van der Waals surface area contributed by atoms with Gasteiger partial charge in [0.05, 0.1) is 17.5 Å².